The first-order valence-corrected chi connectivity index (χ1v) is 12.1. The zero-order chi connectivity index (χ0) is 24.6. The molecule has 35 heavy (non-hydrogen) atoms. The van der Waals surface area contributed by atoms with Gasteiger partial charge in [0.25, 0.3) is 0 Å². The van der Waals surface area contributed by atoms with Gasteiger partial charge in [-0.1, -0.05) is 23.2 Å². The van der Waals surface area contributed by atoms with Crippen molar-refractivity contribution in [2.45, 2.75) is 31.9 Å². The van der Waals surface area contributed by atoms with Crippen molar-refractivity contribution in [3.63, 3.8) is 0 Å². The molecule has 1 aliphatic carbocycles. The number of rotatable bonds is 9. The molecule has 3 aromatic heterocycles. The van der Waals surface area contributed by atoms with Crippen LogP contribution in [0.4, 0.5) is 0 Å². The van der Waals surface area contributed by atoms with Crippen LogP contribution in [-0.4, -0.2) is 62.3 Å². The van der Waals surface area contributed by atoms with E-state index in [1.54, 1.807) is 12.3 Å². The van der Waals surface area contributed by atoms with Crippen LogP contribution in [-0.2, 0) is 6.54 Å². The standard InChI is InChI=1S/C25H26Cl2N6O2/c1-25(7-8-25)35-24-21-23(29-15-30-24)33(14-17-12-16(26)6-9-28-17)22(31-21)19-5-4-18(13-20(19)27)34-11-10-32(2)3/h4-6,9,12-13,15H,7-8,10-11,14H2,1-3H3. The third-order valence-corrected chi connectivity index (χ3v) is 6.43. The highest BCUT2D eigenvalue weighted by molar-refractivity contribution is 6.33. The predicted molar refractivity (Wildman–Crippen MR) is 136 cm³/mol. The van der Waals surface area contributed by atoms with Gasteiger partial charge in [0, 0.05) is 23.3 Å². The molecule has 5 rings (SSSR count). The third-order valence-electron chi connectivity index (χ3n) is 5.88. The fourth-order valence-corrected chi connectivity index (χ4v) is 4.10. The first-order chi connectivity index (χ1) is 16.8. The van der Waals surface area contributed by atoms with Gasteiger partial charge >= 0.3 is 0 Å². The molecule has 0 saturated heterocycles. The number of aromatic nitrogens is 5. The first kappa shape index (κ1) is 23.8. The lowest BCUT2D eigenvalue weighted by Gasteiger charge is -2.13. The number of fused-ring (bicyclic) bond motifs is 1. The number of ether oxygens (including phenoxy) is 2. The normalized spacial score (nSPS) is 14.5. The minimum Gasteiger partial charge on any atom is -0.492 e. The summed E-state index contributed by atoms with van der Waals surface area (Å²) in [5.41, 5.74) is 2.53. The van der Waals surface area contributed by atoms with Crippen molar-refractivity contribution in [2.75, 3.05) is 27.2 Å². The maximum Gasteiger partial charge on any atom is 0.245 e. The van der Waals surface area contributed by atoms with Gasteiger partial charge in [-0.25, -0.2) is 9.97 Å². The summed E-state index contributed by atoms with van der Waals surface area (Å²) in [6.07, 6.45) is 5.15. The van der Waals surface area contributed by atoms with Gasteiger partial charge in [0.1, 0.15) is 30.1 Å². The van der Waals surface area contributed by atoms with E-state index in [1.807, 2.05) is 42.9 Å². The minimum absolute atomic E-state index is 0.205. The summed E-state index contributed by atoms with van der Waals surface area (Å²) in [5, 5.41) is 1.13. The van der Waals surface area contributed by atoms with E-state index in [9.17, 15) is 0 Å². The molecule has 0 radical (unpaired) electrons. The van der Waals surface area contributed by atoms with Crippen LogP contribution in [0, 0.1) is 0 Å². The third kappa shape index (κ3) is 5.34. The lowest BCUT2D eigenvalue weighted by Crippen LogP contribution is -2.19. The Morgan fingerprint density at radius 1 is 1.09 bits per heavy atom. The van der Waals surface area contributed by atoms with Crippen LogP contribution in [0.15, 0.2) is 42.9 Å². The van der Waals surface area contributed by atoms with Crippen LogP contribution in [0.5, 0.6) is 11.6 Å². The number of hydrogen-bond acceptors (Lipinski definition) is 7. The molecule has 0 atom stereocenters. The van der Waals surface area contributed by atoms with E-state index in [0.29, 0.717) is 51.8 Å². The van der Waals surface area contributed by atoms with Crippen molar-refractivity contribution < 1.29 is 9.47 Å². The second-order valence-corrected chi connectivity index (χ2v) is 10.0. The van der Waals surface area contributed by atoms with Crippen molar-refractivity contribution in [1.29, 1.82) is 0 Å². The van der Waals surface area contributed by atoms with E-state index in [4.69, 9.17) is 37.7 Å². The fourth-order valence-electron chi connectivity index (χ4n) is 3.67. The summed E-state index contributed by atoms with van der Waals surface area (Å²) < 4.78 is 14.0. The zero-order valence-electron chi connectivity index (χ0n) is 19.8. The van der Waals surface area contributed by atoms with Gasteiger partial charge in [-0.15, -0.1) is 0 Å². The number of likely N-dealkylation sites (N-methyl/N-ethyl adjacent to an activating group) is 1. The van der Waals surface area contributed by atoms with E-state index >= 15 is 0 Å². The Morgan fingerprint density at radius 2 is 1.91 bits per heavy atom. The molecule has 0 aliphatic heterocycles. The Hall–Kier alpha value is -2.94. The quantitative estimate of drug-likeness (QED) is 0.308. The number of halogens is 2. The second kappa shape index (κ2) is 9.60. The number of pyridine rings is 1. The summed E-state index contributed by atoms with van der Waals surface area (Å²) in [5.74, 6) is 1.80. The molecule has 182 valence electrons. The van der Waals surface area contributed by atoms with Gasteiger partial charge < -0.3 is 18.9 Å². The molecule has 8 nitrogen and oxygen atoms in total. The molecule has 4 aromatic rings. The topological polar surface area (TPSA) is 78.2 Å². The molecule has 0 spiro atoms. The average Bonchev–Trinajstić information content (AvgIpc) is 3.42. The zero-order valence-corrected chi connectivity index (χ0v) is 21.3. The molecule has 0 amide bonds. The van der Waals surface area contributed by atoms with Crippen molar-refractivity contribution in [2.24, 2.45) is 0 Å². The van der Waals surface area contributed by atoms with E-state index in [0.717, 1.165) is 30.6 Å². The maximum atomic E-state index is 6.74. The van der Waals surface area contributed by atoms with E-state index < -0.39 is 0 Å². The number of nitrogens with zero attached hydrogens (tertiary/aromatic N) is 6. The molecule has 10 heteroatoms. The molecule has 0 bridgehead atoms. The molecule has 1 saturated carbocycles. The number of hydrogen-bond donors (Lipinski definition) is 0. The minimum atomic E-state index is -0.205. The average molecular weight is 513 g/mol. The Labute approximate surface area is 213 Å². The monoisotopic (exact) mass is 512 g/mol. The lowest BCUT2D eigenvalue weighted by atomic mass is 10.2. The molecule has 3 heterocycles. The van der Waals surface area contributed by atoms with Gasteiger partial charge in [0.05, 0.1) is 17.3 Å². The largest absolute Gasteiger partial charge is 0.492 e. The highest BCUT2D eigenvalue weighted by atomic mass is 35.5. The van der Waals surface area contributed by atoms with Crippen LogP contribution in [0.3, 0.4) is 0 Å². The highest BCUT2D eigenvalue weighted by Gasteiger charge is 2.41. The van der Waals surface area contributed by atoms with Crippen molar-refractivity contribution in [3.8, 4) is 23.0 Å². The van der Waals surface area contributed by atoms with Crippen LogP contribution in [0.2, 0.25) is 10.0 Å². The van der Waals surface area contributed by atoms with Gasteiger partial charge in [-0.3, -0.25) is 4.98 Å². The van der Waals surface area contributed by atoms with Crippen LogP contribution in [0.1, 0.15) is 25.5 Å². The number of benzene rings is 1. The van der Waals surface area contributed by atoms with Gasteiger partial charge in [-0.05, 0) is 64.2 Å². The number of imidazole rings is 1. The van der Waals surface area contributed by atoms with Gasteiger partial charge in [0.2, 0.25) is 5.88 Å². The molecule has 1 aliphatic rings. The Bertz CT molecular complexity index is 1370. The van der Waals surface area contributed by atoms with Crippen molar-refractivity contribution in [1.82, 2.24) is 29.4 Å². The fraction of sp³-hybridized carbons (Fsp3) is 0.360. The lowest BCUT2D eigenvalue weighted by molar-refractivity contribution is 0.194. The van der Waals surface area contributed by atoms with Crippen LogP contribution >= 0.6 is 23.2 Å². The van der Waals surface area contributed by atoms with Gasteiger partial charge in [-0.2, -0.15) is 4.98 Å². The molecule has 0 unspecified atom stereocenters. The summed E-state index contributed by atoms with van der Waals surface area (Å²) in [4.78, 5) is 20.4. The molecule has 1 fully saturated rings. The second-order valence-electron chi connectivity index (χ2n) is 9.18. The Kier molecular flexibility index (Phi) is 6.53. The van der Waals surface area contributed by atoms with E-state index in [1.165, 1.54) is 6.33 Å². The van der Waals surface area contributed by atoms with E-state index in [2.05, 4.69) is 26.8 Å². The molecule has 1 aromatic carbocycles. The van der Waals surface area contributed by atoms with Crippen molar-refractivity contribution in [3.05, 3.63) is 58.6 Å². The van der Waals surface area contributed by atoms with Gasteiger partial charge in [0.15, 0.2) is 11.2 Å². The first-order valence-electron chi connectivity index (χ1n) is 11.4. The molecule has 0 N–H and O–H groups in total. The maximum absolute atomic E-state index is 6.74. The van der Waals surface area contributed by atoms with Crippen LogP contribution < -0.4 is 9.47 Å². The summed E-state index contributed by atoms with van der Waals surface area (Å²) in [6.45, 7) is 3.84. The summed E-state index contributed by atoms with van der Waals surface area (Å²) in [6, 6.07) is 9.18. The van der Waals surface area contributed by atoms with Crippen molar-refractivity contribution >= 4 is 34.4 Å². The molecular weight excluding hydrogens is 487 g/mol. The molecular formula is C25H26Cl2N6O2. The predicted octanol–water partition coefficient (Wildman–Crippen LogP) is 5.12. The SMILES string of the molecule is CN(C)CCOc1ccc(-c2nc3c(OC4(C)CC4)ncnc3n2Cc2cc(Cl)ccn2)c(Cl)c1. The van der Waals surface area contributed by atoms with Crippen LogP contribution in [0.25, 0.3) is 22.6 Å². The highest BCUT2D eigenvalue weighted by Crippen LogP contribution is 2.41. The summed E-state index contributed by atoms with van der Waals surface area (Å²) in [7, 11) is 4.01. The van der Waals surface area contributed by atoms with E-state index in [-0.39, 0.29) is 5.60 Å². The smallest absolute Gasteiger partial charge is 0.245 e. The Balaban J connectivity index is 1.57. The Morgan fingerprint density at radius 3 is 2.63 bits per heavy atom. The summed E-state index contributed by atoms with van der Waals surface area (Å²) >= 11 is 13.0.